The number of aromatic nitrogens is 2. The highest BCUT2D eigenvalue weighted by Crippen LogP contribution is 2.23. The van der Waals surface area contributed by atoms with Crippen LogP contribution >= 0.6 is 0 Å². The predicted molar refractivity (Wildman–Crippen MR) is 77.5 cm³/mol. The van der Waals surface area contributed by atoms with E-state index >= 15 is 0 Å². The van der Waals surface area contributed by atoms with Crippen LogP contribution in [0.2, 0.25) is 0 Å². The quantitative estimate of drug-likeness (QED) is 0.716. The average molecular weight is 270 g/mol. The number of aryl methyl sites for hydroxylation is 2. The van der Waals surface area contributed by atoms with Crippen molar-refractivity contribution < 1.29 is 4.21 Å². The molecule has 2 aromatic heterocycles. The van der Waals surface area contributed by atoms with E-state index in [1.165, 1.54) is 0 Å². The second-order valence-electron chi connectivity index (χ2n) is 4.51. The molecular weight excluding hydrogens is 256 g/mol. The Bertz CT molecular complexity index is 762. The summed E-state index contributed by atoms with van der Waals surface area (Å²) in [6.45, 7) is 4.00. The van der Waals surface area contributed by atoms with Crippen LogP contribution in [0.15, 0.2) is 53.6 Å². The van der Waals surface area contributed by atoms with Crippen LogP contribution in [0.25, 0.3) is 11.0 Å². The molecule has 0 aliphatic heterocycles. The first-order chi connectivity index (χ1) is 9.18. The zero-order valence-electron chi connectivity index (χ0n) is 10.8. The lowest BCUT2D eigenvalue weighted by Crippen LogP contribution is -2.07. The molecule has 0 saturated carbocycles. The highest BCUT2D eigenvalue weighted by atomic mass is 32.2. The van der Waals surface area contributed by atoms with Crippen LogP contribution in [0.3, 0.4) is 0 Å². The van der Waals surface area contributed by atoms with Gasteiger partial charge in [-0.05, 0) is 43.7 Å². The first kappa shape index (κ1) is 12.1. The molecule has 1 aromatic carbocycles. The maximum absolute atomic E-state index is 12.7. The van der Waals surface area contributed by atoms with Gasteiger partial charge in [0.15, 0.2) is 16.6 Å². The van der Waals surface area contributed by atoms with Gasteiger partial charge in [0, 0.05) is 17.3 Å². The molecule has 96 valence electrons. The second-order valence-corrected chi connectivity index (χ2v) is 5.84. The summed E-state index contributed by atoms with van der Waals surface area (Å²) in [7, 11) is -1.26. The van der Waals surface area contributed by atoms with E-state index in [4.69, 9.17) is 0 Å². The summed E-state index contributed by atoms with van der Waals surface area (Å²) >= 11 is 0. The van der Waals surface area contributed by atoms with Crippen molar-refractivity contribution in [3.8, 4) is 0 Å². The van der Waals surface area contributed by atoms with Crippen molar-refractivity contribution in [1.82, 2.24) is 8.96 Å². The van der Waals surface area contributed by atoms with Gasteiger partial charge in [-0.25, -0.2) is 13.2 Å². The maximum atomic E-state index is 12.7. The van der Waals surface area contributed by atoms with E-state index in [9.17, 15) is 4.21 Å². The maximum Gasteiger partial charge on any atom is 0.158 e. The molecule has 0 N–H and O–H groups in total. The first-order valence-electron chi connectivity index (χ1n) is 6.09. The van der Waals surface area contributed by atoms with Crippen molar-refractivity contribution in [2.45, 2.75) is 18.7 Å². The van der Waals surface area contributed by atoms with Gasteiger partial charge in [0.1, 0.15) is 0 Å². The SMILES string of the molecule is Cc1ccnc2c1cc(C)n2S(=O)c1ccccc1. The van der Waals surface area contributed by atoms with Gasteiger partial charge in [-0.2, -0.15) is 0 Å². The molecule has 3 nitrogen and oxygen atoms in total. The molecule has 3 rings (SSSR count). The second kappa shape index (κ2) is 4.63. The van der Waals surface area contributed by atoms with Gasteiger partial charge in [-0.15, -0.1) is 0 Å². The van der Waals surface area contributed by atoms with Crippen LogP contribution < -0.4 is 0 Å². The van der Waals surface area contributed by atoms with Gasteiger partial charge in [-0.3, -0.25) is 0 Å². The molecule has 0 aliphatic carbocycles. The first-order valence-corrected chi connectivity index (χ1v) is 7.20. The molecule has 0 spiro atoms. The van der Waals surface area contributed by atoms with Gasteiger partial charge in [-0.1, -0.05) is 18.2 Å². The Balaban J connectivity index is 2.24. The summed E-state index contributed by atoms with van der Waals surface area (Å²) in [5, 5.41) is 1.06. The number of rotatable bonds is 2. The molecular formula is C15H14N2OS. The van der Waals surface area contributed by atoms with Crippen LogP contribution in [-0.2, 0) is 11.0 Å². The molecule has 0 radical (unpaired) electrons. The zero-order valence-corrected chi connectivity index (χ0v) is 11.6. The summed E-state index contributed by atoms with van der Waals surface area (Å²) < 4.78 is 14.5. The normalized spacial score (nSPS) is 12.7. The molecule has 0 saturated heterocycles. The molecule has 0 amide bonds. The average Bonchev–Trinajstić information content (AvgIpc) is 2.77. The topological polar surface area (TPSA) is 34.9 Å². The van der Waals surface area contributed by atoms with Crippen molar-refractivity contribution in [2.24, 2.45) is 0 Å². The predicted octanol–water partition coefficient (Wildman–Crippen LogP) is 3.22. The Labute approximate surface area is 114 Å². The molecule has 0 bridgehead atoms. The molecule has 19 heavy (non-hydrogen) atoms. The van der Waals surface area contributed by atoms with Gasteiger partial charge >= 0.3 is 0 Å². The van der Waals surface area contributed by atoms with Crippen LogP contribution in [0, 0.1) is 13.8 Å². The van der Waals surface area contributed by atoms with Gasteiger partial charge in [0.2, 0.25) is 0 Å². The van der Waals surface area contributed by atoms with Crippen molar-refractivity contribution >= 4 is 22.0 Å². The summed E-state index contributed by atoms with van der Waals surface area (Å²) in [5.74, 6) is 0. The minimum absolute atomic E-state index is 0.777. The van der Waals surface area contributed by atoms with E-state index in [0.717, 1.165) is 27.2 Å². The Morgan fingerprint density at radius 1 is 1.11 bits per heavy atom. The van der Waals surface area contributed by atoms with E-state index in [2.05, 4.69) is 4.98 Å². The summed E-state index contributed by atoms with van der Waals surface area (Å²) in [4.78, 5) is 5.16. The summed E-state index contributed by atoms with van der Waals surface area (Å²) in [6, 6.07) is 13.5. The van der Waals surface area contributed by atoms with Crippen molar-refractivity contribution in [2.75, 3.05) is 0 Å². The number of hydrogen-bond donors (Lipinski definition) is 0. The highest BCUT2D eigenvalue weighted by Gasteiger charge is 2.14. The number of pyridine rings is 1. The van der Waals surface area contributed by atoms with E-state index in [1.807, 2.05) is 56.3 Å². The molecule has 4 heteroatoms. The summed E-state index contributed by atoms with van der Waals surface area (Å²) in [6.07, 6.45) is 1.76. The zero-order chi connectivity index (χ0) is 13.4. The lowest BCUT2D eigenvalue weighted by Gasteiger charge is -2.07. The van der Waals surface area contributed by atoms with Crippen molar-refractivity contribution in [3.05, 3.63) is 59.9 Å². The third-order valence-electron chi connectivity index (χ3n) is 3.16. The standard InChI is InChI=1S/C15H14N2OS/c1-11-8-9-16-15-14(11)10-12(2)17(15)19(18)13-6-4-3-5-7-13/h3-10H,1-2H3. The number of fused-ring (bicyclic) bond motifs is 1. The van der Waals surface area contributed by atoms with Gasteiger partial charge in [0.05, 0.1) is 4.90 Å². The highest BCUT2D eigenvalue weighted by molar-refractivity contribution is 7.83. The molecule has 2 heterocycles. The van der Waals surface area contributed by atoms with Crippen LogP contribution in [0.5, 0.6) is 0 Å². The third kappa shape index (κ3) is 1.98. The Morgan fingerprint density at radius 3 is 2.58 bits per heavy atom. The van der Waals surface area contributed by atoms with E-state index in [-0.39, 0.29) is 0 Å². The van der Waals surface area contributed by atoms with Gasteiger partial charge < -0.3 is 0 Å². The molecule has 1 atom stereocenters. The number of benzene rings is 1. The molecule has 1 unspecified atom stereocenters. The molecule has 0 fully saturated rings. The largest absolute Gasteiger partial charge is 0.243 e. The van der Waals surface area contributed by atoms with Crippen molar-refractivity contribution in [1.29, 1.82) is 0 Å². The third-order valence-corrected chi connectivity index (χ3v) is 4.63. The van der Waals surface area contributed by atoms with Gasteiger partial charge in [0.25, 0.3) is 0 Å². The van der Waals surface area contributed by atoms with E-state index in [1.54, 1.807) is 10.2 Å². The minimum Gasteiger partial charge on any atom is -0.243 e. The fourth-order valence-corrected chi connectivity index (χ4v) is 3.40. The number of hydrogen-bond acceptors (Lipinski definition) is 2. The van der Waals surface area contributed by atoms with Crippen LogP contribution in [-0.4, -0.2) is 13.2 Å². The molecule has 3 aromatic rings. The minimum atomic E-state index is -1.26. The summed E-state index contributed by atoms with van der Waals surface area (Å²) in [5.41, 5.74) is 2.88. The Hall–Kier alpha value is -1.94. The smallest absolute Gasteiger partial charge is 0.158 e. The fraction of sp³-hybridized carbons (Fsp3) is 0.133. The lowest BCUT2D eigenvalue weighted by atomic mass is 10.2. The van der Waals surface area contributed by atoms with Crippen molar-refractivity contribution in [3.63, 3.8) is 0 Å². The van der Waals surface area contributed by atoms with E-state index < -0.39 is 11.0 Å². The Kier molecular flexibility index (Phi) is 2.95. The monoisotopic (exact) mass is 270 g/mol. The number of nitrogens with zero attached hydrogens (tertiary/aromatic N) is 2. The van der Waals surface area contributed by atoms with E-state index in [0.29, 0.717) is 0 Å². The fourth-order valence-electron chi connectivity index (χ4n) is 2.18. The van der Waals surface area contributed by atoms with Crippen LogP contribution in [0.1, 0.15) is 11.3 Å². The lowest BCUT2D eigenvalue weighted by molar-refractivity contribution is 0.677. The van der Waals surface area contributed by atoms with Crippen LogP contribution in [0.4, 0.5) is 0 Å². The Morgan fingerprint density at radius 2 is 1.84 bits per heavy atom. The molecule has 0 aliphatic rings.